The summed E-state index contributed by atoms with van der Waals surface area (Å²) in [6.07, 6.45) is 4.68. The van der Waals surface area contributed by atoms with Gasteiger partial charge in [0.15, 0.2) is 0 Å². The summed E-state index contributed by atoms with van der Waals surface area (Å²) in [7, 11) is 0. The van der Waals surface area contributed by atoms with Crippen LogP contribution in [0.1, 0.15) is 10.4 Å². The average Bonchev–Trinajstić information content (AvgIpc) is 2.84. The standard InChI is InChI=1S/C10H11N3OS/c1-8-4-9(6-15-8)5-12-10(14)13-3-2-11-7-13/h2-4,6-7H,5H2,1H3,(H,12,14). The molecule has 0 aliphatic heterocycles. The molecule has 2 aromatic rings. The zero-order valence-corrected chi connectivity index (χ0v) is 9.12. The summed E-state index contributed by atoms with van der Waals surface area (Å²) in [4.78, 5) is 16.6. The quantitative estimate of drug-likeness (QED) is 0.843. The number of nitrogens with zero attached hydrogens (tertiary/aromatic N) is 2. The summed E-state index contributed by atoms with van der Waals surface area (Å²) in [6.45, 7) is 2.60. The molecule has 1 amide bonds. The molecule has 0 aliphatic rings. The lowest BCUT2D eigenvalue weighted by Crippen LogP contribution is -2.26. The summed E-state index contributed by atoms with van der Waals surface area (Å²) in [6, 6.07) is 1.91. The minimum absolute atomic E-state index is 0.156. The van der Waals surface area contributed by atoms with Crippen molar-refractivity contribution in [1.29, 1.82) is 0 Å². The molecule has 0 saturated heterocycles. The molecule has 78 valence electrons. The van der Waals surface area contributed by atoms with Gasteiger partial charge in [-0.15, -0.1) is 11.3 Å². The first kappa shape index (κ1) is 9.92. The van der Waals surface area contributed by atoms with Gasteiger partial charge in [0.05, 0.1) is 0 Å². The maximum atomic E-state index is 11.5. The predicted molar refractivity (Wildman–Crippen MR) is 58.9 cm³/mol. The third-order valence-electron chi connectivity index (χ3n) is 1.97. The molecule has 0 radical (unpaired) electrons. The molecule has 0 fully saturated rings. The van der Waals surface area contributed by atoms with Gasteiger partial charge in [-0.3, -0.25) is 4.57 Å². The molecule has 2 heterocycles. The Labute approximate surface area is 91.6 Å². The minimum Gasteiger partial charge on any atom is -0.333 e. The van der Waals surface area contributed by atoms with Gasteiger partial charge in [0.2, 0.25) is 0 Å². The Morgan fingerprint density at radius 3 is 3.13 bits per heavy atom. The maximum Gasteiger partial charge on any atom is 0.327 e. The van der Waals surface area contributed by atoms with Crippen molar-refractivity contribution in [2.75, 3.05) is 0 Å². The van der Waals surface area contributed by atoms with Crippen LogP contribution in [-0.2, 0) is 6.54 Å². The van der Waals surface area contributed by atoms with Gasteiger partial charge < -0.3 is 5.32 Å². The monoisotopic (exact) mass is 221 g/mol. The highest BCUT2D eigenvalue weighted by Crippen LogP contribution is 2.12. The molecule has 2 aromatic heterocycles. The second-order valence-electron chi connectivity index (χ2n) is 3.19. The Morgan fingerprint density at radius 2 is 2.53 bits per heavy atom. The van der Waals surface area contributed by atoms with Crippen molar-refractivity contribution in [3.05, 3.63) is 40.6 Å². The number of hydrogen-bond donors (Lipinski definition) is 1. The number of rotatable bonds is 2. The van der Waals surface area contributed by atoms with Crippen LogP contribution in [-0.4, -0.2) is 15.6 Å². The molecule has 0 spiro atoms. The second-order valence-corrected chi connectivity index (χ2v) is 4.31. The van der Waals surface area contributed by atoms with Crippen molar-refractivity contribution >= 4 is 17.4 Å². The SMILES string of the molecule is Cc1cc(CNC(=O)n2ccnc2)cs1. The van der Waals surface area contributed by atoms with E-state index in [0.717, 1.165) is 5.56 Å². The Balaban J connectivity index is 1.91. The number of aromatic nitrogens is 2. The third kappa shape index (κ3) is 2.44. The van der Waals surface area contributed by atoms with Crippen LogP contribution in [0.3, 0.4) is 0 Å². The lowest BCUT2D eigenvalue weighted by atomic mass is 10.3. The molecule has 0 atom stereocenters. The Kier molecular flexibility index (Phi) is 2.82. The first-order valence-electron chi connectivity index (χ1n) is 4.56. The highest BCUT2D eigenvalue weighted by atomic mass is 32.1. The highest BCUT2D eigenvalue weighted by molar-refractivity contribution is 7.10. The predicted octanol–water partition coefficient (Wildman–Crippen LogP) is 2.01. The number of thiophene rings is 1. The number of carbonyl (C=O) groups is 1. The van der Waals surface area contributed by atoms with Crippen LogP contribution in [0.25, 0.3) is 0 Å². The minimum atomic E-state index is -0.156. The van der Waals surface area contributed by atoms with E-state index in [-0.39, 0.29) is 6.03 Å². The first-order chi connectivity index (χ1) is 7.25. The lowest BCUT2D eigenvalue weighted by Gasteiger charge is -2.02. The van der Waals surface area contributed by atoms with Gasteiger partial charge in [0, 0.05) is 23.8 Å². The van der Waals surface area contributed by atoms with Gasteiger partial charge in [-0.2, -0.15) is 0 Å². The van der Waals surface area contributed by atoms with Crippen molar-refractivity contribution in [1.82, 2.24) is 14.9 Å². The molecule has 15 heavy (non-hydrogen) atoms. The van der Waals surface area contributed by atoms with Gasteiger partial charge >= 0.3 is 6.03 Å². The molecule has 0 bridgehead atoms. The lowest BCUT2D eigenvalue weighted by molar-refractivity contribution is 0.242. The van der Waals surface area contributed by atoms with Gasteiger partial charge in [0.1, 0.15) is 6.33 Å². The molecule has 5 heteroatoms. The van der Waals surface area contributed by atoms with Crippen molar-refractivity contribution < 1.29 is 4.79 Å². The van der Waals surface area contributed by atoms with Crippen LogP contribution in [0.4, 0.5) is 4.79 Å². The molecule has 4 nitrogen and oxygen atoms in total. The number of imidazole rings is 1. The second kappa shape index (κ2) is 4.27. The fraction of sp³-hybridized carbons (Fsp3) is 0.200. The van der Waals surface area contributed by atoms with Gasteiger partial charge in [-0.1, -0.05) is 0 Å². The Morgan fingerprint density at radius 1 is 1.67 bits per heavy atom. The van der Waals surface area contributed by atoms with E-state index in [9.17, 15) is 4.79 Å². The molecule has 0 aliphatic carbocycles. The third-order valence-corrected chi connectivity index (χ3v) is 2.88. The Hall–Kier alpha value is -1.62. The van der Waals surface area contributed by atoms with E-state index < -0.39 is 0 Å². The summed E-state index contributed by atoms with van der Waals surface area (Å²) in [5.74, 6) is 0. The number of carbonyl (C=O) groups excluding carboxylic acids is 1. The number of amides is 1. The van der Waals surface area contributed by atoms with Crippen LogP contribution in [0.5, 0.6) is 0 Å². The zero-order valence-electron chi connectivity index (χ0n) is 8.30. The summed E-state index contributed by atoms with van der Waals surface area (Å²) >= 11 is 1.68. The zero-order chi connectivity index (χ0) is 10.7. The fourth-order valence-corrected chi connectivity index (χ4v) is 1.95. The number of aryl methyl sites for hydroxylation is 1. The van der Waals surface area contributed by atoms with Crippen molar-refractivity contribution in [2.24, 2.45) is 0 Å². The van der Waals surface area contributed by atoms with E-state index in [1.54, 1.807) is 23.7 Å². The fourth-order valence-electron chi connectivity index (χ4n) is 1.24. The van der Waals surface area contributed by atoms with Crippen LogP contribution in [0.15, 0.2) is 30.2 Å². The van der Waals surface area contributed by atoms with E-state index in [4.69, 9.17) is 0 Å². The smallest absolute Gasteiger partial charge is 0.327 e. The normalized spacial score (nSPS) is 10.2. The molecule has 0 unspecified atom stereocenters. The van der Waals surface area contributed by atoms with Crippen LogP contribution < -0.4 is 5.32 Å². The molecular formula is C10H11N3OS. The Bertz CT molecular complexity index is 447. The van der Waals surface area contributed by atoms with Gasteiger partial charge in [0.25, 0.3) is 0 Å². The maximum absolute atomic E-state index is 11.5. The topological polar surface area (TPSA) is 46.9 Å². The van der Waals surface area contributed by atoms with E-state index in [1.165, 1.54) is 15.8 Å². The summed E-state index contributed by atoms with van der Waals surface area (Å²) in [5.41, 5.74) is 1.13. The molecule has 2 rings (SSSR count). The summed E-state index contributed by atoms with van der Waals surface area (Å²) in [5, 5.41) is 4.85. The van der Waals surface area contributed by atoms with Crippen molar-refractivity contribution in [3.8, 4) is 0 Å². The molecule has 1 N–H and O–H groups in total. The molecular weight excluding hydrogens is 210 g/mol. The average molecular weight is 221 g/mol. The van der Waals surface area contributed by atoms with E-state index in [0.29, 0.717) is 6.54 Å². The van der Waals surface area contributed by atoms with E-state index >= 15 is 0 Å². The van der Waals surface area contributed by atoms with Crippen molar-refractivity contribution in [2.45, 2.75) is 13.5 Å². The number of nitrogens with one attached hydrogen (secondary N) is 1. The van der Waals surface area contributed by atoms with Gasteiger partial charge in [-0.05, 0) is 23.9 Å². The number of hydrogen-bond acceptors (Lipinski definition) is 3. The van der Waals surface area contributed by atoms with E-state index in [1.807, 2.05) is 12.3 Å². The van der Waals surface area contributed by atoms with Crippen LogP contribution in [0, 0.1) is 6.92 Å². The summed E-state index contributed by atoms with van der Waals surface area (Å²) < 4.78 is 1.42. The largest absolute Gasteiger partial charge is 0.333 e. The van der Waals surface area contributed by atoms with Crippen molar-refractivity contribution in [3.63, 3.8) is 0 Å². The highest BCUT2D eigenvalue weighted by Gasteiger charge is 2.03. The van der Waals surface area contributed by atoms with Gasteiger partial charge in [-0.25, -0.2) is 9.78 Å². The van der Waals surface area contributed by atoms with Crippen LogP contribution in [0.2, 0.25) is 0 Å². The molecule has 0 saturated carbocycles. The van der Waals surface area contributed by atoms with E-state index in [2.05, 4.69) is 16.4 Å². The molecule has 0 aromatic carbocycles. The van der Waals surface area contributed by atoms with Crippen LogP contribution >= 0.6 is 11.3 Å². The first-order valence-corrected chi connectivity index (χ1v) is 5.44.